The number of amides is 1. The van der Waals surface area contributed by atoms with Crippen LogP contribution in [0.25, 0.3) is 10.9 Å². The largest absolute Gasteiger partial charge is 0.366 e. The number of hydrogen-bond donors (Lipinski definition) is 3. The van der Waals surface area contributed by atoms with Crippen LogP contribution in [0, 0.1) is 5.92 Å². The van der Waals surface area contributed by atoms with Gasteiger partial charge >= 0.3 is 0 Å². The van der Waals surface area contributed by atoms with Gasteiger partial charge in [-0.2, -0.15) is 0 Å². The molecule has 1 amide bonds. The molecule has 1 aromatic carbocycles. The summed E-state index contributed by atoms with van der Waals surface area (Å²) in [7, 11) is 0. The number of carbonyl (C=O) groups excluding carboxylic acids is 1. The molecule has 4 N–H and O–H groups in total. The van der Waals surface area contributed by atoms with Crippen molar-refractivity contribution in [3.63, 3.8) is 0 Å². The van der Waals surface area contributed by atoms with E-state index in [1.54, 1.807) is 6.07 Å². The molecular weight excluding hydrogens is 262 g/mol. The second-order valence-electron chi connectivity index (χ2n) is 6.52. The van der Waals surface area contributed by atoms with E-state index in [1.807, 2.05) is 12.1 Å². The van der Waals surface area contributed by atoms with Gasteiger partial charge in [0.15, 0.2) is 0 Å². The molecule has 21 heavy (non-hydrogen) atoms. The summed E-state index contributed by atoms with van der Waals surface area (Å²) in [6, 6.07) is 6.64. The average Bonchev–Trinajstić information content (AvgIpc) is 2.75. The lowest BCUT2D eigenvalue weighted by Gasteiger charge is -2.31. The SMILES string of the molecule is CC(C)N[C@H]1Cc2c([nH]c3ccc(C(N)=O)cc23)CC1C.[HH].[HH].[HH].[HH].[HH].[HH].[HH].[HH].[HH].[HH].[HH].[HH].[HH].[HH].[HH].[HH].[HH].[HH].[HH].[HH].[HH].[HH].[HH].[HH].[HH].[HH].[HH].[HH].[HH].[HH].[HH].[HH].[HH].[HH].[HH].[HH].[HH].[HH].[HH].[HH].[HH].[HH].[HH].[HH].[HH].[HH].[HH].[HH].[HH].[HH]. The van der Waals surface area contributed by atoms with Crippen LogP contribution in [0.1, 0.15) is 114 Å². The second-order valence-corrected chi connectivity index (χ2v) is 6.52. The van der Waals surface area contributed by atoms with E-state index in [0.717, 1.165) is 23.7 Å². The number of rotatable bonds is 3. The number of nitrogens with two attached hydrogens (primary N) is 1. The van der Waals surface area contributed by atoms with Crippen LogP contribution < -0.4 is 11.1 Å². The summed E-state index contributed by atoms with van der Waals surface area (Å²) in [6.45, 7) is 6.66. The van der Waals surface area contributed by atoms with Crippen molar-refractivity contribution < 1.29 is 76.1 Å². The maximum Gasteiger partial charge on any atom is 0.248 e. The molecule has 4 heteroatoms. The summed E-state index contributed by atoms with van der Waals surface area (Å²) in [5.41, 5.74) is 9.73. The van der Waals surface area contributed by atoms with Crippen LogP contribution in [-0.4, -0.2) is 23.0 Å². The summed E-state index contributed by atoms with van der Waals surface area (Å²) in [5.74, 6) is 0.233. The summed E-state index contributed by atoms with van der Waals surface area (Å²) >= 11 is 0. The molecule has 1 aromatic heterocycles. The second kappa shape index (κ2) is 5.19. The minimum absolute atomic E-state index is 0. The highest BCUT2D eigenvalue weighted by molar-refractivity contribution is 5.98. The van der Waals surface area contributed by atoms with E-state index < -0.39 is 0 Å². The quantitative estimate of drug-likeness (QED) is 0.491. The van der Waals surface area contributed by atoms with Crippen LogP contribution in [0.3, 0.4) is 0 Å². The molecule has 0 aliphatic heterocycles. The summed E-state index contributed by atoms with van der Waals surface area (Å²) < 4.78 is 0. The molecule has 1 aliphatic rings. The van der Waals surface area contributed by atoms with Gasteiger partial charge in [-0.25, -0.2) is 0 Å². The zero-order chi connectivity index (χ0) is 15.1. The van der Waals surface area contributed by atoms with E-state index in [4.69, 9.17) is 5.73 Å². The summed E-state index contributed by atoms with van der Waals surface area (Å²) in [5, 5.41) is 4.80. The van der Waals surface area contributed by atoms with E-state index >= 15 is 0 Å². The third-order valence-corrected chi connectivity index (χ3v) is 4.46. The predicted molar refractivity (Wildman–Crippen MR) is 191 cm³/mol. The van der Waals surface area contributed by atoms with Gasteiger partial charge in [-0.1, -0.05) is 20.8 Å². The number of primary amides is 1. The van der Waals surface area contributed by atoms with Crippen molar-refractivity contribution >= 4 is 16.8 Å². The van der Waals surface area contributed by atoms with Crippen molar-refractivity contribution in [2.75, 3.05) is 0 Å². The summed E-state index contributed by atoms with van der Waals surface area (Å²) in [6.07, 6.45) is 2.04. The molecule has 0 radical (unpaired) electrons. The van der Waals surface area contributed by atoms with Gasteiger partial charge in [0.2, 0.25) is 5.91 Å². The molecule has 0 saturated carbocycles. The molecule has 2 atom stereocenters. The predicted octanol–water partition coefficient (Wildman–Crippen LogP) is 14.7. The van der Waals surface area contributed by atoms with Crippen molar-refractivity contribution in [2.24, 2.45) is 11.7 Å². The van der Waals surface area contributed by atoms with Crippen LogP contribution in [-0.2, 0) is 12.8 Å². The van der Waals surface area contributed by atoms with E-state index in [1.165, 1.54) is 11.3 Å². The van der Waals surface area contributed by atoms with Crippen molar-refractivity contribution in [3.05, 3.63) is 35.0 Å². The third kappa shape index (κ3) is 2.56. The maximum atomic E-state index is 11.4. The molecule has 0 bridgehead atoms. The molecule has 212 valence electrons. The van der Waals surface area contributed by atoms with Gasteiger partial charge in [0, 0.05) is 106 Å². The van der Waals surface area contributed by atoms with Gasteiger partial charge in [0.25, 0.3) is 0 Å². The number of H-pyrrole nitrogens is 1. The Morgan fingerprint density at radius 1 is 1.43 bits per heavy atom. The fourth-order valence-corrected chi connectivity index (χ4v) is 3.40. The first-order valence-corrected chi connectivity index (χ1v) is 7.65. The monoisotopic (exact) mass is 386 g/mol. The van der Waals surface area contributed by atoms with Gasteiger partial charge in [0.1, 0.15) is 0 Å². The molecule has 1 aliphatic carbocycles. The third-order valence-electron chi connectivity index (χ3n) is 4.46. The zero-order valence-electron chi connectivity index (χ0n) is 12.9. The smallest absolute Gasteiger partial charge is 0.248 e. The van der Waals surface area contributed by atoms with Crippen LogP contribution in [0.4, 0.5) is 0 Å². The molecule has 0 fully saturated rings. The molecule has 0 saturated heterocycles. The topological polar surface area (TPSA) is 70.9 Å². The van der Waals surface area contributed by atoms with Crippen molar-refractivity contribution in [3.8, 4) is 0 Å². The number of carbonyl (C=O) groups is 1. The van der Waals surface area contributed by atoms with Gasteiger partial charge < -0.3 is 16.0 Å². The van der Waals surface area contributed by atoms with Crippen LogP contribution in [0.5, 0.6) is 0 Å². The van der Waals surface area contributed by atoms with Gasteiger partial charge in [-0.15, -0.1) is 0 Å². The lowest BCUT2D eigenvalue weighted by molar-refractivity contribution is 0.100. The Balaban J connectivity index is -0.00000000230. The van der Waals surface area contributed by atoms with Crippen molar-refractivity contribution in [1.29, 1.82) is 0 Å². The molecular formula is C17H123N3O. The number of benzene rings is 1. The Hall–Kier alpha value is -1.81. The molecule has 0 spiro atoms. The first-order chi connectivity index (χ1) is 9.95. The van der Waals surface area contributed by atoms with Crippen molar-refractivity contribution in [2.45, 2.75) is 45.7 Å². The van der Waals surface area contributed by atoms with Gasteiger partial charge in [-0.3, -0.25) is 4.79 Å². The highest BCUT2D eigenvalue weighted by Gasteiger charge is 2.28. The lowest BCUT2D eigenvalue weighted by atomic mass is 9.83. The summed E-state index contributed by atoms with van der Waals surface area (Å²) in [4.78, 5) is 14.9. The standard InChI is InChI=1S/C17H23N3O.50H2/c1-9(2)19-15-8-13-12-7-11(17(18)21)4-5-14(12)20-16(13)6-10(15)3;;;;;;;;;;;;;;;;;;;;;;;;;;;;;;;;;;;;;;;;;;;;;;;;;;/h4-5,7,9-10,15,19-20H,6,8H2,1-3H3,(H2,18,21);50*1H/t10?,15-;;;;;;;;;;;;;;;;;;;;;;;;;;;;;;;;;;;;;;;;;;;;;;;;;;/m0................................................../s1. The Morgan fingerprint density at radius 3 is 2.86 bits per heavy atom. The Morgan fingerprint density at radius 2 is 2.19 bits per heavy atom. The number of nitrogens with one attached hydrogen (secondary N) is 2. The highest BCUT2D eigenvalue weighted by atomic mass is 16.1. The number of aromatic nitrogens is 1. The highest BCUT2D eigenvalue weighted by Crippen LogP contribution is 2.32. The molecule has 3 rings (SSSR count). The van der Waals surface area contributed by atoms with Gasteiger partial charge in [0.05, 0.1) is 0 Å². The Labute approximate surface area is 199 Å². The van der Waals surface area contributed by atoms with E-state index in [0.29, 0.717) is 23.6 Å². The minimum atomic E-state index is -0.368. The lowest BCUT2D eigenvalue weighted by Crippen LogP contribution is -2.43. The zero-order valence-corrected chi connectivity index (χ0v) is 12.9. The fraction of sp³-hybridized carbons (Fsp3) is 0.471. The Bertz CT molecular complexity index is 749. The maximum absolute atomic E-state index is 11.4. The first-order valence-electron chi connectivity index (χ1n) is 7.65. The van der Waals surface area contributed by atoms with Crippen LogP contribution in [0.2, 0.25) is 0 Å². The molecule has 2 aromatic rings. The average molecular weight is 386 g/mol. The van der Waals surface area contributed by atoms with Crippen LogP contribution >= 0.6 is 0 Å². The molecule has 4 nitrogen and oxygen atoms in total. The number of aromatic amines is 1. The number of hydrogen-bond acceptors (Lipinski definition) is 2. The van der Waals surface area contributed by atoms with Gasteiger partial charge in [-0.05, 0) is 42.5 Å². The Kier molecular flexibility index (Phi) is 3.49. The van der Waals surface area contributed by atoms with E-state index in [-0.39, 0.29) is 77.2 Å². The van der Waals surface area contributed by atoms with Crippen molar-refractivity contribution in [1.82, 2.24) is 10.3 Å². The normalized spacial score (nSPS) is 21.7. The van der Waals surface area contributed by atoms with E-state index in [9.17, 15) is 4.79 Å². The number of fused-ring (bicyclic) bond motifs is 3. The molecule has 1 heterocycles. The fourth-order valence-electron chi connectivity index (χ4n) is 3.40. The van der Waals surface area contributed by atoms with E-state index in [2.05, 4.69) is 31.1 Å². The molecule has 1 unspecified atom stereocenters. The van der Waals surface area contributed by atoms with Crippen LogP contribution in [0.15, 0.2) is 18.2 Å². The minimum Gasteiger partial charge on any atom is -0.366 e. The first kappa shape index (κ1) is 14.1.